The van der Waals surface area contributed by atoms with Crippen molar-refractivity contribution in [3.8, 4) is 5.75 Å². The fraction of sp³-hybridized carbons (Fsp3) is 0.0870. The number of hydrogen-bond acceptors (Lipinski definition) is 2. The van der Waals surface area contributed by atoms with Crippen molar-refractivity contribution >= 4 is 48.7 Å². The third kappa shape index (κ3) is 4.27. The average Bonchev–Trinajstić information content (AvgIpc) is 3.17. The van der Waals surface area contributed by atoms with Crippen LogP contribution in [-0.2, 0) is 13.2 Å². The van der Waals surface area contributed by atoms with Crippen molar-refractivity contribution in [2.24, 2.45) is 0 Å². The maximum atomic E-state index is 14.1. The van der Waals surface area contributed by atoms with Crippen molar-refractivity contribution in [1.29, 1.82) is 0 Å². The van der Waals surface area contributed by atoms with E-state index in [1.165, 1.54) is 6.07 Å². The third-order valence-electron chi connectivity index (χ3n) is 4.97. The van der Waals surface area contributed by atoms with Gasteiger partial charge in [0.15, 0.2) is 17.5 Å². The number of carboxylic acid groups (broad SMARTS) is 1. The molecule has 4 aromatic rings. The summed E-state index contributed by atoms with van der Waals surface area (Å²) in [4.78, 5) is 11.5. The Morgan fingerprint density at radius 1 is 0.969 bits per heavy atom. The van der Waals surface area contributed by atoms with Crippen LogP contribution >= 0.6 is 31.9 Å². The largest absolute Gasteiger partial charge is 0.488 e. The molecular formula is C23H14Br2F3NO3. The van der Waals surface area contributed by atoms with Gasteiger partial charge in [-0.25, -0.2) is 18.0 Å². The van der Waals surface area contributed by atoms with Crippen LogP contribution in [0.15, 0.2) is 63.7 Å². The first kappa shape index (κ1) is 22.4. The lowest BCUT2D eigenvalue weighted by atomic mass is 10.1. The lowest BCUT2D eigenvalue weighted by Crippen LogP contribution is -2.06. The van der Waals surface area contributed by atoms with Gasteiger partial charge in [0.2, 0.25) is 0 Å². The van der Waals surface area contributed by atoms with Crippen LogP contribution in [0.1, 0.15) is 21.5 Å². The number of hydrogen-bond donors (Lipinski definition) is 1. The Kier molecular flexibility index (Phi) is 6.30. The summed E-state index contributed by atoms with van der Waals surface area (Å²) in [7, 11) is 0. The molecule has 0 radical (unpaired) electrons. The smallest absolute Gasteiger partial charge is 0.336 e. The molecule has 0 aliphatic rings. The first-order valence-electron chi connectivity index (χ1n) is 9.30. The van der Waals surface area contributed by atoms with Crippen LogP contribution in [0.25, 0.3) is 10.9 Å². The second-order valence-corrected chi connectivity index (χ2v) is 8.76. The molecule has 1 aromatic heterocycles. The number of nitrogens with zero attached hydrogens (tertiary/aromatic N) is 1. The highest BCUT2D eigenvalue weighted by molar-refractivity contribution is 9.10. The zero-order chi connectivity index (χ0) is 23.0. The molecule has 0 unspecified atom stereocenters. The van der Waals surface area contributed by atoms with E-state index >= 15 is 0 Å². The molecule has 0 fully saturated rings. The van der Waals surface area contributed by atoms with E-state index in [4.69, 9.17) is 4.74 Å². The monoisotopic (exact) mass is 567 g/mol. The summed E-state index contributed by atoms with van der Waals surface area (Å²) in [5.74, 6) is -4.76. The summed E-state index contributed by atoms with van der Waals surface area (Å²) >= 11 is 6.29. The first-order valence-corrected chi connectivity index (χ1v) is 10.9. The summed E-state index contributed by atoms with van der Waals surface area (Å²) in [6, 6.07) is 13.1. The zero-order valence-corrected chi connectivity index (χ0v) is 19.4. The summed E-state index contributed by atoms with van der Waals surface area (Å²) in [6.45, 7) is 0.0250. The van der Waals surface area contributed by atoms with Crippen molar-refractivity contribution in [3.05, 3.63) is 97.8 Å². The van der Waals surface area contributed by atoms with Crippen LogP contribution < -0.4 is 4.74 Å². The Bertz CT molecular complexity index is 1350. The normalized spacial score (nSPS) is 11.2. The Hall–Kier alpha value is -2.78. The number of fused-ring (bicyclic) bond motifs is 1. The van der Waals surface area contributed by atoms with Crippen LogP contribution in [0.2, 0.25) is 0 Å². The number of carbonyl (C=O) groups is 1. The lowest BCUT2D eigenvalue weighted by Gasteiger charge is -2.15. The van der Waals surface area contributed by atoms with E-state index in [1.807, 2.05) is 16.7 Å². The van der Waals surface area contributed by atoms with Crippen LogP contribution in [0.5, 0.6) is 5.75 Å². The molecule has 4 rings (SSSR count). The van der Waals surface area contributed by atoms with E-state index in [2.05, 4.69) is 31.9 Å². The molecule has 0 spiro atoms. The van der Waals surface area contributed by atoms with Crippen LogP contribution in [0.3, 0.4) is 0 Å². The number of halogens is 5. The quantitative estimate of drug-likeness (QED) is 0.203. The number of carboxylic acids is 1. The van der Waals surface area contributed by atoms with Gasteiger partial charge in [-0.2, -0.15) is 0 Å². The summed E-state index contributed by atoms with van der Waals surface area (Å²) in [6.07, 6.45) is 1.77. The Morgan fingerprint density at radius 2 is 1.75 bits per heavy atom. The fourth-order valence-electron chi connectivity index (χ4n) is 3.43. The molecule has 1 N–H and O–H groups in total. The van der Waals surface area contributed by atoms with Gasteiger partial charge in [-0.1, -0.05) is 22.0 Å². The Balaban J connectivity index is 1.65. The van der Waals surface area contributed by atoms with Crippen molar-refractivity contribution in [2.45, 2.75) is 13.2 Å². The molecule has 0 amide bonds. The van der Waals surface area contributed by atoms with Gasteiger partial charge in [-0.3, -0.25) is 0 Å². The van der Waals surface area contributed by atoms with Crippen LogP contribution in [0, 0.1) is 17.5 Å². The maximum Gasteiger partial charge on any atom is 0.336 e. The van der Waals surface area contributed by atoms with Crippen LogP contribution in [0.4, 0.5) is 13.2 Å². The minimum absolute atomic E-state index is 0.137. The highest BCUT2D eigenvalue weighted by atomic mass is 79.9. The summed E-state index contributed by atoms with van der Waals surface area (Å²) in [5, 5.41) is 10.0. The molecule has 32 heavy (non-hydrogen) atoms. The van der Waals surface area contributed by atoms with Gasteiger partial charge in [-0.15, -0.1) is 0 Å². The second kappa shape index (κ2) is 8.99. The van der Waals surface area contributed by atoms with Crippen molar-refractivity contribution in [2.75, 3.05) is 0 Å². The molecule has 164 valence electrons. The second-order valence-electron chi connectivity index (χ2n) is 6.99. The minimum Gasteiger partial charge on any atom is -0.488 e. The van der Waals surface area contributed by atoms with Gasteiger partial charge in [0.05, 0.1) is 16.6 Å². The van der Waals surface area contributed by atoms with Gasteiger partial charge in [0.1, 0.15) is 12.4 Å². The first-order chi connectivity index (χ1) is 15.3. The molecule has 0 saturated heterocycles. The van der Waals surface area contributed by atoms with E-state index in [-0.39, 0.29) is 22.2 Å². The number of benzene rings is 3. The third-order valence-corrected chi connectivity index (χ3v) is 6.04. The van der Waals surface area contributed by atoms with Gasteiger partial charge >= 0.3 is 5.97 Å². The van der Waals surface area contributed by atoms with Crippen molar-refractivity contribution < 1.29 is 27.8 Å². The molecule has 0 saturated carbocycles. The molecule has 0 aliphatic carbocycles. The predicted octanol–water partition coefficient (Wildman–Crippen LogP) is 6.91. The molecule has 1 heterocycles. The number of rotatable bonds is 6. The molecule has 0 aliphatic heterocycles. The van der Waals surface area contributed by atoms with E-state index in [0.29, 0.717) is 17.7 Å². The van der Waals surface area contributed by atoms with Gasteiger partial charge in [-0.05, 0) is 58.4 Å². The van der Waals surface area contributed by atoms with Gasteiger partial charge < -0.3 is 14.4 Å². The predicted molar refractivity (Wildman–Crippen MR) is 120 cm³/mol. The molecule has 9 heteroatoms. The Labute approximate surface area is 197 Å². The molecular weight excluding hydrogens is 555 g/mol. The standard InChI is InChI=1S/C23H14Br2F3NO3/c24-14-4-5-19(32-11-13-9-17(25)21(27)22(28)20(13)26)12(8-14)10-29-7-6-15-16(23(30)31)2-1-3-18(15)29/h1-9H,10-11H2,(H,30,31). The van der Waals surface area contributed by atoms with Crippen LogP contribution in [-0.4, -0.2) is 15.6 Å². The zero-order valence-electron chi connectivity index (χ0n) is 16.2. The van der Waals surface area contributed by atoms with E-state index in [1.54, 1.807) is 30.5 Å². The number of aromatic nitrogens is 1. The SMILES string of the molecule is O=C(O)c1cccc2c1ccn2Cc1cc(Br)ccc1OCc1cc(Br)c(F)c(F)c1F. The minimum atomic E-state index is -1.57. The van der Waals surface area contributed by atoms with E-state index in [0.717, 1.165) is 21.6 Å². The highest BCUT2D eigenvalue weighted by Crippen LogP contribution is 2.29. The summed E-state index contributed by atoms with van der Waals surface area (Å²) in [5.41, 5.74) is 1.51. The number of aromatic carboxylic acids is 1. The van der Waals surface area contributed by atoms with Crippen molar-refractivity contribution in [3.63, 3.8) is 0 Å². The topological polar surface area (TPSA) is 51.5 Å². The van der Waals surface area contributed by atoms with E-state index in [9.17, 15) is 23.1 Å². The molecule has 4 nitrogen and oxygen atoms in total. The van der Waals surface area contributed by atoms with Crippen molar-refractivity contribution in [1.82, 2.24) is 4.57 Å². The van der Waals surface area contributed by atoms with Gasteiger partial charge in [0.25, 0.3) is 0 Å². The summed E-state index contributed by atoms with van der Waals surface area (Å²) < 4.78 is 49.5. The molecule has 0 atom stereocenters. The lowest BCUT2D eigenvalue weighted by molar-refractivity contribution is 0.0699. The van der Waals surface area contributed by atoms with Gasteiger partial charge in [0, 0.05) is 32.7 Å². The highest BCUT2D eigenvalue weighted by Gasteiger charge is 2.18. The molecule has 3 aromatic carbocycles. The fourth-order valence-corrected chi connectivity index (χ4v) is 4.28. The maximum absolute atomic E-state index is 14.1. The van der Waals surface area contributed by atoms with E-state index < -0.39 is 23.4 Å². The number of ether oxygens (including phenoxy) is 1. The molecule has 0 bridgehead atoms. The Morgan fingerprint density at radius 3 is 2.50 bits per heavy atom. The average molecular weight is 569 g/mol.